The second kappa shape index (κ2) is 8.64. The van der Waals surface area contributed by atoms with Crippen molar-refractivity contribution in [1.29, 1.82) is 0 Å². The third-order valence-corrected chi connectivity index (χ3v) is 3.47. The minimum Gasteiger partial charge on any atom is -0.461 e. The van der Waals surface area contributed by atoms with Gasteiger partial charge in [-0.05, 0) is 26.7 Å². The van der Waals surface area contributed by atoms with Crippen LogP contribution >= 0.6 is 0 Å². The maximum atomic E-state index is 5.62. The highest BCUT2D eigenvalue weighted by Gasteiger charge is 2.16. The molecule has 0 fully saturated rings. The number of nitrogens with zero attached hydrogens (tertiary/aromatic N) is 4. The van der Waals surface area contributed by atoms with Crippen LogP contribution in [0.3, 0.4) is 0 Å². The number of aromatic nitrogens is 3. The zero-order chi connectivity index (χ0) is 15.8. The Morgan fingerprint density at radius 2 is 1.76 bits per heavy atom. The fourth-order valence-corrected chi connectivity index (χ4v) is 2.07. The fraction of sp³-hybridized carbons (Fsp3) is 0.800. The first-order valence-electron chi connectivity index (χ1n) is 7.89. The molecule has 0 aliphatic carbocycles. The summed E-state index contributed by atoms with van der Waals surface area (Å²) in [6.45, 7) is 12.3. The van der Waals surface area contributed by atoms with Crippen LogP contribution < -0.4 is 15.0 Å². The molecule has 6 nitrogen and oxygen atoms in total. The molecule has 120 valence electrons. The van der Waals surface area contributed by atoms with Crippen molar-refractivity contribution in [2.45, 2.75) is 53.6 Å². The molecule has 0 aromatic carbocycles. The summed E-state index contributed by atoms with van der Waals surface area (Å²) in [5.41, 5.74) is 0. The normalized spacial score (nSPS) is 11.0. The van der Waals surface area contributed by atoms with Gasteiger partial charge in [-0.2, -0.15) is 15.0 Å². The van der Waals surface area contributed by atoms with Gasteiger partial charge in [0.1, 0.15) is 0 Å². The van der Waals surface area contributed by atoms with E-state index in [-0.39, 0.29) is 6.10 Å². The molecular weight excluding hydrogens is 266 g/mol. The lowest BCUT2D eigenvalue weighted by molar-refractivity contribution is 0.222. The van der Waals surface area contributed by atoms with Gasteiger partial charge in [-0.1, -0.05) is 26.7 Å². The highest BCUT2D eigenvalue weighted by atomic mass is 16.5. The van der Waals surface area contributed by atoms with Gasteiger partial charge in [-0.15, -0.1) is 0 Å². The number of rotatable bonds is 9. The van der Waals surface area contributed by atoms with E-state index in [4.69, 9.17) is 4.74 Å². The maximum Gasteiger partial charge on any atom is 0.323 e. The van der Waals surface area contributed by atoms with Crippen molar-refractivity contribution in [3.63, 3.8) is 0 Å². The predicted molar refractivity (Wildman–Crippen MR) is 87.1 cm³/mol. The Hall–Kier alpha value is -1.59. The van der Waals surface area contributed by atoms with Crippen molar-refractivity contribution in [1.82, 2.24) is 15.0 Å². The first kappa shape index (κ1) is 17.5. The molecule has 0 radical (unpaired) electrons. The monoisotopic (exact) mass is 295 g/mol. The SMILES string of the molecule is CCC(CC)CN(CC)c1nc(NC)nc(OC(C)C)n1. The molecule has 0 spiro atoms. The van der Waals surface area contributed by atoms with Crippen LogP contribution in [0.4, 0.5) is 11.9 Å². The van der Waals surface area contributed by atoms with Gasteiger partial charge in [0.15, 0.2) is 0 Å². The Bertz CT molecular complexity index is 421. The van der Waals surface area contributed by atoms with Gasteiger partial charge in [-0.25, -0.2) is 0 Å². The van der Waals surface area contributed by atoms with Crippen LogP contribution in [0.5, 0.6) is 6.01 Å². The van der Waals surface area contributed by atoms with E-state index in [0.29, 0.717) is 23.8 Å². The highest BCUT2D eigenvalue weighted by Crippen LogP contribution is 2.18. The molecule has 0 unspecified atom stereocenters. The van der Waals surface area contributed by atoms with Crippen molar-refractivity contribution >= 4 is 11.9 Å². The standard InChI is InChI=1S/C15H29N5O/c1-7-12(8-2)10-20(9-3)14-17-13(16-6)18-15(19-14)21-11(4)5/h11-12H,7-10H2,1-6H3,(H,16,17,18,19). The van der Waals surface area contributed by atoms with Crippen molar-refractivity contribution in [2.75, 3.05) is 30.4 Å². The molecule has 1 heterocycles. The van der Waals surface area contributed by atoms with Crippen molar-refractivity contribution < 1.29 is 4.74 Å². The number of anilines is 2. The quantitative estimate of drug-likeness (QED) is 0.755. The van der Waals surface area contributed by atoms with Gasteiger partial charge < -0.3 is 15.0 Å². The molecule has 0 saturated heterocycles. The average molecular weight is 295 g/mol. The van der Waals surface area contributed by atoms with E-state index in [0.717, 1.165) is 25.9 Å². The molecule has 0 atom stereocenters. The minimum atomic E-state index is 0.0408. The van der Waals surface area contributed by atoms with E-state index in [1.165, 1.54) is 0 Å². The fourth-order valence-electron chi connectivity index (χ4n) is 2.07. The van der Waals surface area contributed by atoms with Crippen LogP contribution in [-0.4, -0.2) is 41.2 Å². The van der Waals surface area contributed by atoms with Crippen molar-refractivity contribution in [2.24, 2.45) is 5.92 Å². The third kappa shape index (κ3) is 5.36. The molecule has 1 aromatic rings. The molecular formula is C15H29N5O. The minimum absolute atomic E-state index is 0.0408. The van der Waals surface area contributed by atoms with Crippen molar-refractivity contribution in [3.05, 3.63) is 0 Å². The molecule has 0 aliphatic rings. The largest absolute Gasteiger partial charge is 0.461 e. The lowest BCUT2D eigenvalue weighted by Gasteiger charge is -2.25. The topological polar surface area (TPSA) is 63.2 Å². The van der Waals surface area contributed by atoms with Crippen LogP contribution in [0.25, 0.3) is 0 Å². The number of ether oxygens (including phenoxy) is 1. The predicted octanol–water partition coefficient (Wildman–Crippen LogP) is 2.96. The lowest BCUT2D eigenvalue weighted by Crippen LogP contribution is -2.31. The third-order valence-electron chi connectivity index (χ3n) is 3.47. The Labute approximate surface area is 128 Å². The first-order valence-corrected chi connectivity index (χ1v) is 7.89. The first-order chi connectivity index (χ1) is 10.0. The van der Waals surface area contributed by atoms with Gasteiger partial charge in [0, 0.05) is 20.1 Å². The van der Waals surface area contributed by atoms with E-state index in [1.807, 2.05) is 13.8 Å². The van der Waals surface area contributed by atoms with Gasteiger partial charge in [-0.3, -0.25) is 0 Å². The summed E-state index contributed by atoms with van der Waals surface area (Å²) in [7, 11) is 1.80. The van der Waals surface area contributed by atoms with Crippen LogP contribution in [0.15, 0.2) is 0 Å². The summed E-state index contributed by atoms with van der Waals surface area (Å²) in [6, 6.07) is 0.377. The zero-order valence-electron chi connectivity index (χ0n) is 14.2. The second-order valence-corrected chi connectivity index (χ2v) is 5.38. The summed E-state index contributed by atoms with van der Waals surface area (Å²) in [5.74, 6) is 1.87. The van der Waals surface area contributed by atoms with E-state index >= 15 is 0 Å². The van der Waals surface area contributed by atoms with E-state index < -0.39 is 0 Å². The second-order valence-electron chi connectivity index (χ2n) is 5.38. The molecule has 21 heavy (non-hydrogen) atoms. The van der Waals surface area contributed by atoms with Gasteiger partial charge in [0.25, 0.3) is 0 Å². The number of hydrogen-bond acceptors (Lipinski definition) is 6. The Morgan fingerprint density at radius 3 is 2.24 bits per heavy atom. The van der Waals surface area contributed by atoms with Crippen LogP contribution in [-0.2, 0) is 0 Å². The molecule has 0 saturated carbocycles. The molecule has 1 N–H and O–H groups in total. The van der Waals surface area contributed by atoms with Crippen molar-refractivity contribution in [3.8, 4) is 6.01 Å². The molecule has 6 heteroatoms. The molecule has 0 amide bonds. The van der Waals surface area contributed by atoms with Gasteiger partial charge in [0.2, 0.25) is 11.9 Å². The molecule has 0 aliphatic heterocycles. The Morgan fingerprint density at radius 1 is 1.10 bits per heavy atom. The van der Waals surface area contributed by atoms with Crippen LogP contribution in [0, 0.1) is 5.92 Å². The van der Waals surface area contributed by atoms with Gasteiger partial charge in [0.05, 0.1) is 6.10 Å². The summed E-state index contributed by atoms with van der Waals surface area (Å²) in [6.07, 6.45) is 2.36. The summed E-state index contributed by atoms with van der Waals surface area (Å²) >= 11 is 0. The van der Waals surface area contributed by atoms with E-state index in [9.17, 15) is 0 Å². The molecule has 1 aromatic heterocycles. The highest BCUT2D eigenvalue weighted by molar-refractivity contribution is 5.38. The number of hydrogen-bond donors (Lipinski definition) is 1. The average Bonchev–Trinajstić information content (AvgIpc) is 2.47. The van der Waals surface area contributed by atoms with E-state index in [1.54, 1.807) is 7.05 Å². The van der Waals surface area contributed by atoms with Crippen LogP contribution in [0.2, 0.25) is 0 Å². The number of nitrogens with one attached hydrogen (secondary N) is 1. The Balaban J connectivity index is 3.01. The summed E-state index contributed by atoms with van der Waals surface area (Å²) in [5, 5.41) is 2.97. The Kier molecular flexibility index (Phi) is 7.19. The van der Waals surface area contributed by atoms with Gasteiger partial charge >= 0.3 is 6.01 Å². The molecule has 0 bridgehead atoms. The lowest BCUT2D eigenvalue weighted by atomic mass is 10.0. The maximum absolute atomic E-state index is 5.62. The smallest absolute Gasteiger partial charge is 0.323 e. The van der Waals surface area contributed by atoms with E-state index in [2.05, 4.69) is 45.9 Å². The zero-order valence-corrected chi connectivity index (χ0v) is 14.2. The summed E-state index contributed by atoms with van der Waals surface area (Å²) in [4.78, 5) is 15.4. The van der Waals surface area contributed by atoms with Crippen LogP contribution in [0.1, 0.15) is 47.5 Å². The summed E-state index contributed by atoms with van der Waals surface area (Å²) < 4.78 is 5.62. The molecule has 1 rings (SSSR count).